The first-order valence-electron chi connectivity index (χ1n) is 6.85. The molecule has 0 aliphatic rings. The second-order valence-electron chi connectivity index (χ2n) is 4.65. The zero-order chi connectivity index (χ0) is 13.4. The van der Waals surface area contributed by atoms with Crippen molar-refractivity contribution < 1.29 is 0 Å². The van der Waals surface area contributed by atoms with Crippen LogP contribution in [0.5, 0.6) is 0 Å². The van der Waals surface area contributed by atoms with E-state index in [1.165, 1.54) is 28.6 Å². The maximum atomic E-state index is 3.60. The van der Waals surface area contributed by atoms with E-state index in [9.17, 15) is 0 Å². The van der Waals surface area contributed by atoms with Crippen molar-refractivity contribution in [1.82, 2.24) is 10.2 Å². The summed E-state index contributed by atoms with van der Waals surface area (Å²) in [6.45, 7) is 12.1. The van der Waals surface area contributed by atoms with Crippen molar-refractivity contribution in [3.05, 3.63) is 33.8 Å². The summed E-state index contributed by atoms with van der Waals surface area (Å²) in [7, 11) is 0. The molecule has 1 rings (SSSR count). The van der Waals surface area contributed by atoms with E-state index in [1.54, 1.807) is 0 Å². The number of nitrogens with one attached hydrogen (secondary N) is 1. The third-order valence-electron chi connectivity index (χ3n) is 3.24. The van der Waals surface area contributed by atoms with Gasteiger partial charge in [-0.2, -0.15) is 0 Å². The molecule has 0 fully saturated rings. The van der Waals surface area contributed by atoms with Crippen LogP contribution in [0.15, 0.2) is 22.7 Å². The van der Waals surface area contributed by atoms with Gasteiger partial charge < -0.3 is 10.2 Å². The predicted octanol–water partition coefficient (Wildman–Crippen LogP) is 3.58. The van der Waals surface area contributed by atoms with Crippen LogP contribution >= 0.6 is 15.9 Å². The van der Waals surface area contributed by atoms with Crippen molar-refractivity contribution >= 4 is 15.9 Å². The standard InChI is InChI=1S/C15H25BrN2/c1-4-18(5-2)10-6-9-17-12-14-11-13(3)7-8-15(14)16/h7-8,11,17H,4-6,9-10,12H2,1-3H3. The lowest BCUT2D eigenvalue weighted by Gasteiger charge is -2.17. The Morgan fingerprint density at radius 2 is 1.94 bits per heavy atom. The fourth-order valence-electron chi connectivity index (χ4n) is 2.03. The molecule has 0 saturated heterocycles. The SMILES string of the molecule is CCN(CC)CCCNCc1cc(C)ccc1Br. The van der Waals surface area contributed by atoms with Crippen LogP contribution in [0.2, 0.25) is 0 Å². The van der Waals surface area contributed by atoms with Gasteiger partial charge >= 0.3 is 0 Å². The van der Waals surface area contributed by atoms with E-state index in [1.807, 2.05) is 0 Å². The van der Waals surface area contributed by atoms with Crippen LogP contribution in [-0.4, -0.2) is 31.1 Å². The van der Waals surface area contributed by atoms with Gasteiger partial charge in [-0.05, 0) is 51.2 Å². The zero-order valence-corrected chi connectivity index (χ0v) is 13.4. The number of halogens is 1. The summed E-state index contributed by atoms with van der Waals surface area (Å²) in [5.74, 6) is 0. The summed E-state index contributed by atoms with van der Waals surface area (Å²) in [6.07, 6.45) is 1.21. The average molecular weight is 313 g/mol. The molecule has 18 heavy (non-hydrogen) atoms. The molecule has 0 aromatic heterocycles. The lowest BCUT2D eigenvalue weighted by molar-refractivity contribution is 0.298. The minimum atomic E-state index is 0.945. The largest absolute Gasteiger partial charge is 0.313 e. The molecule has 0 aliphatic heterocycles. The van der Waals surface area contributed by atoms with Gasteiger partial charge in [-0.1, -0.05) is 47.5 Å². The fraction of sp³-hybridized carbons (Fsp3) is 0.600. The normalized spacial score (nSPS) is 11.2. The molecule has 0 amide bonds. The number of hydrogen-bond acceptors (Lipinski definition) is 2. The van der Waals surface area contributed by atoms with Crippen molar-refractivity contribution in [2.24, 2.45) is 0 Å². The first kappa shape index (κ1) is 15.7. The highest BCUT2D eigenvalue weighted by molar-refractivity contribution is 9.10. The molecule has 0 spiro atoms. The highest BCUT2D eigenvalue weighted by Crippen LogP contribution is 2.17. The van der Waals surface area contributed by atoms with E-state index in [2.05, 4.69) is 65.1 Å². The van der Waals surface area contributed by atoms with Gasteiger partial charge in [0.15, 0.2) is 0 Å². The minimum absolute atomic E-state index is 0.945. The van der Waals surface area contributed by atoms with E-state index in [0.717, 1.165) is 26.2 Å². The second-order valence-corrected chi connectivity index (χ2v) is 5.51. The molecule has 0 bridgehead atoms. The van der Waals surface area contributed by atoms with Gasteiger partial charge in [0.05, 0.1) is 0 Å². The molecule has 0 unspecified atom stereocenters. The Morgan fingerprint density at radius 1 is 1.22 bits per heavy atom. The molecule has 1 aromatic carbocycles. The molecule has 0 saturated carbocycles. The summed E-state index contributed by atoms with van der Waals surface area (Å²) in [5, 5.41) is 3.52. The summed E-state index contributed by atoms with van der Waals surface area (Å²) >= 11 is 3.60. The Bertz CT molecular complexity index is 348. The molecule has 0 atom stereocenters. The third-order valence-corrected chi connectivity index (χ3v) is 4.01. The van der Waals surface area contributed by atoms with Gasteiger partial charge in [-0.3, -0.25) is 0 Å². The number of rotatable bonds is 8. The van der Waals surface area contributed by atoms with E-state index in [-0.39, 0.29) is 0 Å². The van der Waals surface area contributed by atoms with E-state index in [4.69, 9.17) is 0 Å². The zero-order valence-electron chi connectivity index (χ0n) is 11.8. The lowest BCUT2D eigenvalue weighted by atomic mass is 10.1. The van der Waals surface area contributed by atoms with Crippen molar-refractivity contribution in [1.29, 1.82) is 0 Å². The average Bonchev–Trinajstić information content (AvgIpc) is 2.38. The van der Waals surface area contributed by atoms with Crippen LogP contribution in [-0.2, 0) is 6.54 Å². The Labute approximate surface area is 120 Å². The Hall–Kier alpha value is -0.380. The number of aryl methyl sites for hydroxylation is 1. The van der Waals surface area contributed by atoms with E-state index < -0.39 is 0 Å². The Balaban J connectivity index is 2.23. The topological polar surface area (TPSA) is 15.3 Å². The molecule has 0 heterocycles. The van der Waals surface area contributed by atoms with E-state index in [0.29, 0.717) is 0 Å². The van der Waals surface area contributed by atoms with E-state index >= 15 is 0 Å². The van der Waals surface area contributed by atoms with Crippen LogP contribution in [0, 0.1) is 6.92 Å². The number of benzene rings is 1. The molecular formula is C15H25BrN2. The van der Waals surface area contributed by atoms with Crippen molar-refractivity contribution in [3.63, 3.8) is 0 Å². The molecule has 0 aliphatic carbocycles. The predicted molar refractivity (Wildman–Crippen MR) is 83.0 cm³/mol. The summed E-state index contributed by atoms with van der Waals surface area (Å²) < 4.78 is 1.20. The van der Waals surface area contributed by atoms with Gasteiger partial charge in [-0.15, -0.1) is 0 Å². The first-order chi connectivity index (χ1) is 8.67. The molecule has 1 N–H and O–H groups in total. The van der Waals surface area contributed by atoms with Crippen molar-refractivity contribution in [3.8, 4) is 0 Å². The van der Waals surface area contributed by atoms with Crippen LogP contribution < -0.4 is 5.32 Å². The van der Waals surface area contributed by atoms with Gasteiger partial charge in [0.25, 0.3) is 0 Å². The fourth-order valence-corrected chi connectivity index (χ4v) is 2.42. The summed E-state index contributed by atoms with van der Waals surface area (Å²) in [6, 6.07) is 6.50. The molecule has 3 heteroatoms. The van der Waals surface area contributed by atoms with Crippen LogP contribution in [0.25, 0.3) is 0 Å². The molecule has 102 valence electrons. The monoisotopic (exact) mass is 312 g/mol. The molecular weight excluding hydrogens is 288 g/mol. The maximum Gasteiger partial charge on any atom is 0.0220 e. The highest BCUT2D eigenvalue weighted by Gasteiger charge is 2.01. The third kappa shape index (κ3) is 5.51. The minimum Gasteiger partial charge on any atom is -0.313 e. The maximum absolute atomic E-state index is 3.60. The molecule has 2 nitrogen and oxygen atoms in total. The van der Waals surface area contributed by atoms with Gasteiger partial charge in [0.2, 0.25) is 0 Å². The van der Waals surface area contributed by atoms with Crippen molar-refractivity contribution in [2.45, 2.75) is 33.7 Å². The van der Waals surface area contributed by atoms with Crippen molar-refractivity contribution in [2.75, 3.05) is 26.2 Å². The quantitative estimate of drug-likeness (QED) is 0.738. The number of hydrogen-bond donors (Lipinski definition) is 1. The smallest absolute Gasteiger partial charge is 0.0220 e. The van der Waals surface area contributed by atoms with Gasteiger partial charge in [0.1, 0.15) is 0 Å². The first-order valence-corrected chi connectivity index (χ1v) is 7.64. The lowest BCUT2D eigenvalue weighted by Crippen LogP contribution is -2.27. The second kappa shape index (κ2) is 8.68. The Kier molecular flexibility index (Phi) is 7.56. The molecule has 0 radical (unpaired) electrons. The van der Waals surface area contributed by atoms with Gasteiger partial charge in [0, 0.05) is 11.0 Å². The summed E-state index contributed by atoms with van der Waals surface area (Å²) in [4.78, 5) is 2.46. The highest BCUT2D eigenvalue weighted by atomic mass is 79.9. The Morgan fingerprint density at radius 3 is 2.61 bits per heavy atom. The number of nitrogens with zero attached hydrogens (tertiary/aromatic N) is 1. The van der Waals surface area contributed by atoms with Crippen LogP contribution in [0.4, 0.5) is 0 Å². The van der Waals surface area contributed by atoms with Crippen LogP contribution in [0.3, 0.4) is 0 Å². The van der Waals surface area contributed by atoms with Gasteiger partial charge in [-0.25, -0.2) is 0 Å². The summed E-state index contributed by atoms with van der Waals surface area (Å²) in [5.41, 5.74) is 2.66. The molecule has 1 aromatic rings. The van der Waals surface area contributed by atoms with Crippen LogP contribution in [0.1, 0.15) is 31.4 Å².